The molecule has 0 spiro atoms. The first-order valence-electron chi connectivity index (χ1n) is 7.84. The minimum Gasteiger partial charge on any atom is -0.455 e. The van der Waals surface area contributed by atoms with Gasteiger partial charge in [-0.2, -0.15) is 0 Å². The van der Waals surface area contributed by atoms with Crippen LogP contribution in [0.1, 0.15) is 51.4 Å². The van der Waals surface area contributed by atoms with Crippen LogP contribution in [0.25, 0.3) is 0 Å². The zero-order valence-electron chi connectivity index (χ0n) is 12.1. The Kier molecular flexibility index (Phi) is 6.09. The maximum absolute atomic E-state index is 11.8. The first-order chi connectivity index (χ1) is 9.75. The Morgan fingerprint density at radius 1 is 1.10 bits per heavy atom. The van der Waals surface area contributed by atoms with Gasteiger partial charge in [-0.1, -0.05) is 31.4 Å². The van der Waals surface area contributed by atoms with E-state index in [0.717, 1.165) is 25.8 Å². The van der Waals surface area contributed by atoms with Crippen molar-refractivity contribution in [3.05, 3.63) is 12.2 Å². The molecule has 1 unspecified atom stereocenters. The van der Waals surface area contributed by atoms with E-state index in [1.54, 1.807) is 0 Å². The predicted molar refractivity (Wildman–Crippen MR) is 77.0 cm³/mol. The van der Waals surface area contributed by atoms with E-state index in [1.165, 1.54) is 32.1 Å². The summed E-state index contributed by atoms with van der Waals surface area (Å²) in [6.45, 7) is 0.592. The highest BCUT2D eigenvalue weighted by Gasteiger charge is 2.21. The number of esters is 1. The molecule has 20 heavy (non-hydrogen) atoms. The molecule has 4 heteroatoms. The largest absolute Gasteiger partial charge is 0.455 e. The van der Waals surface area contributed by atoms with Crippen LogP contribution in [0.2, 0.25) is 0 Å². The molecule has 0 aromatic heterocycles. The highest BCUT2D eigenvalue weighted by molar-refractivity contribution is 5.81. The van der Waals surface area contributed by atoms with E-state index in [1.807, 2.05) is 6.08 Å². The maximum atomic E-state index is 11.8. The van der Waals surface area contributed by atoms with Gasteiger partial charge in [0.05, 0.1) is 5.92 Å². The van der Waals surface area contributed by atoms with E-state index in [2.05, 4.69) is 11.4 Å². The first kappa shape index (κ1) is 15.1. The Morgan fingerprint density at radius 2 is 1.90 bits per heavy atom. The van der Waals surface area contributed by atoms with Crippen LogP contribution in [0.5, 0.6) is 0 Å². The number of hydrogen-bond donors (Lipinski definition) is 1. The molecule has 2 aliphatic carbocycles. The van der Waals surface area contributed by atoms with Gasteiger partial charge in [0.2, 0.25) is 0 Å². The van der Waals surface area contributed by atoms with Crippen LogP contribution < -0.4 is 5.32 Å². The lowest BCUT2D eigenvalue weighted by molar-refractivity contribution is -0.152. The summed E-state index contributed by atoms with van der Waals surface area (Å²) < 4.78 is 5.10. The van der Waals surface area contributed by atoms with Crippen LogP contribution in [0.4, 0.5) is 0 Å². The fourth-order valence-corrected chi connectivity index (χ4v) is 2.96. The second-order valence-corrected chi connectivity index (χ2v) is 5.90. The van der Waals surface area contributed by atoms with Crippen LogP contribution in [0.15, 0.2) is 12.2 Å². The van der Waals surface area contributed by atoms with Crippen molar-refractivity contribution >= 4 is 11.9 Å². The Bertz CT molecular complexity index is 359. The van der Waals surface area contributed by atoms with Crippen molar-refractivity contribution < 1.29 is 14.3 Å². The number of rotatable bonds is 5. The van der Waals surface area contributed by atoms with Gasteiger partial charge in [-0.25, -0.2) is 0 Å². The SMILES string of the molecule is O=C(COC(=O)C1CC=CCC1)NCC1CCCCC1. The van der Waals surface area contributed by atoms with E-state index in [0.29, 0.717) is 5.92 Å². The highest BCUT2D eigenvalue weighted by atomic mass is 16.5. The molecule has 0 radical (unpaired) electrons. The monoisotopic (exact) mass is 279 g/mol. The van der Waals surface area contributed by atoms with Crippen molar-refractivity contribution in [2.75, 3.05) is 13.2 Å². The molecule has 1 atom stereocenters. The molecule has 2 aliphatic rings. The van der Waals surface area contributed by atoms with Gasteiger partial charge in [0.15, 0.2) is 6.61 Å². The molecular weight excluding hydrogens is 254 g/mol. The number of amides is 1. The third-order valence-corrected chi connectivity index (χ3v) is 4.26. The molecule has 0 saturated heterocycles. The Hall–Kier alpha value is -1.32. The zero-order chi connectivity index (χ0) is 14.2. The minimum atomic E-state index is -0.234. The average Bonchev–Trinajstić information content (AvgIpc) is 2.52. The molecule has 0 aliphatic heterocycles. The van der Waals surface area contributed by atoms with E-state index in [4.69, 9.17) is 4.74 Å². The molecule has 1 saturated carbocycles. The third-order valence-electron chi connectivity index (χ3n) is 4.26. The molecule has 0 heterocycles. The highest BCUT2D eigenvalue weighted by Crippen LogP contribution is 2.22. The van der Waals surface area contributed by atoms with Gasteiger partial charge in [-0.05, 0) is 38.0 Å². The Balaban J connectivity index is 1.59. The normalized spacial score (nSPS) is 23.3. The van der Waals surface area contributed by atoms with Crippen molar-refractivity contribution in [2.45, 2.75) is 51.4 Å². The topological polar surface area (TPSA) is 55.4 Å². The second kappa shape index (κ2) is 8.08. The molecule has 112 valence electrons. The van der Waals surface area contributed by atoms with Crippen LogP contribution in [0, 0.1) is 11.8 Å². The number of hydrogen-bond acceptors (Lipinski definition) is 3. The van der Waals surface area contributed by atoms with Gasteiger partial charge in [0.25, 0.3) is 5.91 Å². The van der Waals surface area contributed by atoms with E-state index < -0.39 is 0 Å². The Labute approximate surface area is 120 Å². The third kappa shape index (κ3) is 4.99. The van der Waals surface area contributed by atoms with Crippen LogP contribution in [-0.2, 0) is 14.3 Å². The average molecular weight is 279 g/mol. The number of carbonyl (C=O) groups is 2. The van der Waals surface area contributed by atoms with Gasteiger partial charge in [-0.3, -0.25) is 9.59 Å². The molecule has 2 rings (SSSR count). The van der Waals surface area contributed by atoms with Crippen LogP contribution in [-0.4, -0.2) is 25.0 Å². The maximum Gasteiger partial charge on any atom is 0.309 e. The van der Waals surface area contributed by atoms with Gasteiger partial charge in [0, 0.05) is 6.54 Å². The number of allylic oxidation sites excluding steroid dienone is 2. The molecule has 4 nitrogen and oxygen atoms in total. The van der Waals surface area contributed by atoms with Gasteiger partial charge in [0.1, 0.15) is 0 Å². The Morgan fingerprint density at radius 3 is 2.60 bits per heavy atom. The van der Waals surface area contributed by atoms with Crippen molar-refractivity contribution in [2.24, 2.45) is 11.8 Å². The quantitative estimate of drug-likeness (QED) is 0.621. The van der Waals surface area contributed by atoms with Crippen molar-refractivity contribution in [3.63, 3.8) is 0 Å². The lowest BCUT2D eigenvalue weighted by Gasteiger charge is -2.21. The summed E-state index contributed by atoms with van der Waals surface area (Å²) in [5.74, 6) is 0.135. The van der Waals surface area contributed by atoms with Crippen molar-refractivity contribution in [3.8, 4) is 0 Å². The predicted octanol–water partition coefficient (Wildman–Crippen LogP) is 2.58. The summed E-state index contributed by atoms with van der Waals surface area (Å²) in [5.41, 5.74) is 0. The smallest absolute Gasteiger partial charge is 0.309 e. The van der Waals surface area contributed by atoms with Gasteiger partial charge in [-0.15, -0.1) is 0 Å². The summed E-state index contributed by atoms with van der Waals surface area (Å²) in [4.78, 5) is 23.4. The molecule has 1 N–H and O–H groups in total. The summed E-state index contributed by atoms with van der Waals surface area (Å²) in [7, 11) is 0. The van der Waals surface area contributed by atoms with E-state index in [9.17, 15) is 9.59 Å². The molecule has 0 aromatic carbocycles. The molecule has 1 amide bonds. The summed E-state index contributed by atoms with van der Waals surface area (Å²) in [6, 6.07) is 0. The molecular formula is C16H25NO3. The minimum absolute atomic E-state index is 0.0638. The first-order valence-corrected chi connectivity index (χ1v) is 7.84. The number of nitrogens with one attached hydrogen (secondary N) is 1. The lowest BCUT2D eigenvalue weighted by Crippen LogP contribution is -2.34. The standard InChI is InChI=1S/C16H25NO3/c18-15(17-11-13-7-3-1-4-8-13)12-20-16(19)14-9-5-2-6-10-14/h2,5,13-14H,1,3-4,6-12H2,(H,17,18). The molecule has 1 fully saturated rings. The van der Waals surface area contributed by atoms with E-state index in [-0.39, 0.29) is 24.4 Å². The second-order valence-electron chi connectivity index (χ2n) is 5.90. The van der Waals surface area contributed by atoms with Crippen molar-refractivity contribution in [1.29, 1.82) is 0 Å². The summed E-state index contributed by atoms with van der Waals surface area (Å²) in [6.07, 6.45) is 12.9. The van der Waals surface area contributed by atoms with Gasteiger partial charge >= 0.3 is 5.97 Å². The number of ether oxygens (including phenoxy) is 1. The summed E-state index contributed by atoms with van der Waals surface area (Å²) in [5, 5.41) is 2.88. The zero-order valence-corrected chi connectivity index (χ0v) is 12.1. The summed E-state index contributed by atoms with van der Waals surface area (Å²) >= 11 is 0. The van der Waals surface area contributed by atoms with Crippen molar-refractivity contribution in [1.82, 2.24) is 5.32 Å². The van der Waals surface area contributed by atoms with Crippen LogP contribution >= 0.6 is 0 Å². The van der Waals surface area contributed by atoms with E-state index >= 15 is 0 Å². The number of carbonyl (C=O) groups excluding carboxylic acids is 2. The van der Waals surface area contributed by atoms with Crippen LogP contribution in [0.3, 0.4) is 0 Å². The fraction of sp³-hybridized carbons (Fsp3) is 0.750. The lowest BCUT2D eigenvalue weighted by atomic mass is 9.89. The molecule has 0 bridgehead atoms. The molecule has 0 aromatic rings. The fourth-order valence-electron chi connectivity index (χ4n) is 2.96. The van der Waals surface area contributed by atoms with Gasteiger partial charge < -0.3 is 10.1 Å².